The zero-order chi connectivity index (χ0) is 16.0. The Morgan fingerprint density at radius 2 is 1.82 bits per heavy atom. The third kappa shape index (κ3) is 4.69. The van der Waals surface area contributed by atoms with Gasteiger partial charge in [0, 0.05) is 17.8 Å². The lowest BCUT2D eigenvalue weighted by Crippen LogP contribution is -2.25. The van der Waals surface area contributed by atoms with Gasteiger partial charge < -0.3 is 0 Å². The summed E-state index contributed by atoms with van der Waals surface area (Å²) < 4.78 is 39.7. The van der Waals surface area contributed by atoms with Crippen LogP contribution in [0.5, 0.6) is 0 Å². The first kappa shape index (κ1) is 16.7. The van der Waals surface area contributed by atoms with Crippen LogP contribution in [0.3, 0.4) is 0 Å². The number of nitrogens with zero attached hydrogens (tertiary/aromatic N) is 1. The third-order valence-electron chi connectivity index (χ3n) is 2.97. The minimum atomic E-state index is -3.56. The lowest BCUT2D eigenvalue weighted by molar-refractivity contribution is 0.583. The third-order valence-corrected chi connectivity index (χ3v) is 6.07. The summed E-state index contributed by atoms with van der Waals surface area (Å²) in [5.74, 6) is -0.319. The topological polar surface area (TPSA) is 75.6 Å². The quantitative estimate of drug-likeness (QED) is 0.750. The van der Waals surface area contributed by atoms with Gasteiger partial charge >= 0.3 is 0 Å². The summed E-state index contributed by atoms with van der Waals surface area (Å²) >= 11 is 1.13. The minimum absolute atomic E-state index is 0.137. The van der Waals surface area contributed by atoms with Crippen molar-refractivity contribution in [3.8, 4) is 0 Å². The lowest BCUT2D eigenvalue weighted by atomic mass is 10.1. The average Bonchev–Trinajstić information content (AvgIpc) is 2.97. The van der Waals surface area contributed by atoms with Crippen molar-refractivity contribution in [2.24, 2.45) is 5.18 Å². The first-order valence-electron chi connectivity index (χ1n) is 6.63. The standard InChI is InChI=1S/C14H15FN2O3S2/c15-12-3-1-11(2-4-12)7-10-17-22(19,20)14-6-5-13(21-14)8-9-16-18/h1-6,17H,7-10H2. The zero-order valence-corrected chi connectivity index (χ0v) is 13.3. The van der Waals surface area contributed by atoms with E-state index in [0.717, 1.165) is 21.8 Å². The van der Waals surface area contributed by atoms with Crippen molar-refractivity contribution < 1.29 is 12.8 Å². The number of hydrogen-bond donors (Lipinski definition) is 1. The monoisotopic (exact) mass is 342 g/mol. The maximum absolute atomic E-state index is 12.8. The Kier molecular flexibility index (Phi) is 5.76. The Morgan fingerprint density at radius 1 is 1.09 bits per heavy atom. The van der Waals surface area contributed by atoms with Crippen LogP contribution in [0, 0.1) is 10.7 Å². The van der Waals surface area contributed by atoms with Gasteiger partial charge in [-0.25, -0.2) is 17.5 Å². The molecule has 0 radical (unpaired) electrons. The Morgan fingerprint density at radius 3 is 2.50 bits per heavy atom. The normalized spacial score (nSPS) is 11.5. The molecule has 0 bridgehead atoms. The van der Waals surface area contributed by atoms with Gasteiger partial charge in [-0.2, -0.15) is 4.91 Å². The SMILES string of the molecule is O=NCCc1ccc(S(=O)(=O)NCCc2ccc(F)cc2)s1. The predicted molar refractivity (Wildman–Crippen MR) is 84.0 cm³/mol. The van der Waals surface area contributed by atoms with Gasteiger partial charge in [0.2, 0.25) is 10.0 Å². The number of sulfonamides is 1. The van der Waals surface area contributed by atoms with Crippen LogP contribution in [-0.4, -0.2) is 21.5 Å². The highest BCUT2D eigenvalue weighted by Gasteiger charge is 2.16. The molecule has 1 aromatic carbocycles. The number of nitrogens with one attached hydrogen (secondary N) is 1. The van der Waals surface area contributed by atoms with E-state index in [1.165, 1.54) is 18.2 Å². The maximum Gasteiger partial charge on any atom is 0.250 e. The molecule has 0 saturated heterocycles. The van der Waals surface area contributed by atoms with Crippen LogP contribution in [0.4, 0.5) is 4.39 Å². The molecule has 1 heterocycles. The highest BCUT2D eigenvalue weighted by Crippen LogP contribution is 2.21. The fourth-order valence-electron chi connectivity index (χ4n) is 1.84. The Labute approximate surface area is 132 Å². The van der Waals surface area contributed by atoms with Crippen LogP contribution in [0.2, 0.25) is 0 Å². The predicted octanol–water partition coefficient (Wildman–Crippen LogP) is 2.72. The van der Waals surface area contributed by atoms with Gasteiger partial charge in [0.25, 0.3) is 0 Å². The first-order chi connectivity index (χ1) is 10.5. The molecule has 5 nitrogen and oxygen atoms in total. The largest absolute Gasteiger partial charge is 0.250 e. The summed E-state index contributed by atoms with van der Waals surface area (Å²) in [6.45, 7) is 0.370. The highest BCUT2D eigenvalue weighted by atomic mass is 32.2. The molecule has 0 amide bonds. The van der Waals surface area contributed by atoms with E-state index in [1.54, 1.807) is 18.2 Å². The van der Waals surface area contributed by atoms with E-state index in [4.69, 9.17) is 0 Å². The van der Waals surface area contributed by atoms with E-state index in [-0.39, 0.29) is 23.1 Å². The molecule has 0 unspecified atom stereocenters. The fourth-order valence-corrected chi connectivity index (χ4v) is 4.27. The van der Waals surface area contributed by atoms with Gasteiger partial charge in [-0.3, -0.25) is 0 Å². The zero-order valence-electron chi connectivity index (χ0n) is 11.7. The van der Waals surface area contributed by atoms with Gasteiger partial charge in [-0.1, -0.05) is 17.3 Å². The summed E-state index contributed by atoms with van der Waals surface area (Å²) in [5.41, 5.74) is 0.855. The summed E-state index contributed by atoms with van der Waals surface area (Å²) in [5, 5.41) is 2.76. The number of benzene rings is 1. The molecular weight excluding hydrogens is 327 g/mol. The maximum atomic E-state index is 12.8. The molecule has 22 heavy (non-hydrogen) atoms. The number of halogens is 1. The molecule has 0 aliphatic heterocycles. The van der Waals surface area contributed by atoms with E-state index in [9.17, 15) is 17.7 Å². The van der Waals surface area contributed by atoms with Crippen molar-refractivity contribution >= 4 is 21.4 Å². The molecule has 0 atom stereocenters. The molecule has 0 aliphatic rings. The van der Waals surface area contributed by atoms with Crippen molar-refractivity contribution in [3.63, 3.8) is 0 Å². The fraction of sp³-hybridized carbons (Fsp3) is 0.286. The van der Waals surface area contributed by atoms with Crippen molar-refractivity contribution in [3.05, 3.63) is 57.6 Å². The first-order valence-corrected chi connectivity index (χ1v) is 8.93. The Hall–Kier alpha value is -1.64. The number of rotatable bonds is 8. The second kappa shape index (κ2) is 7.57. The Bertz CT molecular complexity index is 727. The minimum Gasteiger partial charge on any atom is -0.210 e. The summed E-state index contributed by atoms with van der Waals surface area (Å²) in [6, 6.07) is 9.14. The smallest absolute Gasteiger partial charge is 0.210 e. The van der Waals surface area contributed by atoms with Crippen LogP contribution in [-0.2, 0) is 22.9 Å². The number of hydrogen-bond acceptors (Lipinski definition) is 5. The van der Waals surface area contributed by atoms with Gasteiger partial charge in [0.1, 0.15) is 10.0 Å². The molecule has 0 fully saturated rings. The average molecular weight is 342 g/mol. The summed E-state index contributed by atoms with van der Waals surface area (Å²) in [4.78, 5) is 10.9. The van der Waals surface area contributed by atoms with E-state index in [0.29, 0.717) is 12.8 Å². The molecule has 118 valence electrons. The lowest BCUT2D eigenvalue weighted by Gasteiger charge is -2.05. The second-order valence-corrected chi connectivity index (χ2v) is 7.76. The Balaban J connectivity index is 1.91. The van der Waals surface area contributed by atoms with Crippen LogP contribution >= 0.6 is 11.3 Å². The molecule has 1 aromatic heterocycles. The van der Waals surface area contributed by atoms with Crippen molar-refractivity contribution in [1.29, 1.82) is 0 Å². The van der Waals surface area contributed by atoms with Crippen molar-refractivity contribution in [2.45, 2.75) is 17.1 Å². The van der Waals surface area contributed by atoms with Crippen molar-refractivity contribution in [1.82, 2.24) is 4.72 Å². The molecule has 2 rings (SSSR count). The van der Waals surface area contributed by atoms with Crippen LogP contribution in [0.1, 0.15) is 10.4 Å². The molecule has 0 aliphatic carbocycles. The van der Waals surface area contributed by atoms with Gasteiger partial charge in [-0.05, 0) is 36.2 Å². The molecule has 1 N–H and O–H groups in total. The molecule has 8 heteroatoms. The van der Waals surface area contributed by atoms with Gasteiger partial charge in [0.05, 0.1) is 6.54 Å². The molecule has 0 saturated carbocycles. The van der Waals surface area contributed by atoms with E-state index in [1.807, 2.05) is 0 Å². The molecule has 2 aromatic rings. The van der Waals surface area contributed by atoms with Gasteiger partial charge in [0.15, 0.2) is 0 Å². The second-order valence-electron chi connectivity index (χ2n) is 4.60. The van der Waals surface area contributed by atoms with Gasteiger partial charge in [-0.15, -0.1) is 11.3 Å². The van der Waals surface area contributed by atoms with E-state index >= 15 is 0 Å². The molecular formula is C14H15FN2O3S2. The van der Waals surface area contributed by atoms with E-state index < -0.39 is 10.0 Å². The summed E-state index contributed by atoms with van der Waals surface area (Å²) in [7, 11) is -3.56. The summed E-state index contributed by atoms with van der Waals surface area (Å²) in [6.07, 6.45) is 0.923. The van der Waals surface area contributed by atoms with Crippen LogP contribution in [0.25, 0.3) is 0 Å². The van der Waals surface area contributed by atoms with Crippen molar-refractivity contribution in [2.75, 3.05) is 13.1 Å². The number of nitroso groups, excluding NO2 is 1. The molecule has 0 spiro atoms. The van der Waals surface area contributed by atoms with E-state index in [2.05, 4.69) is 9.90 Å². The number of thiophene rings is 1. The van der Waals surface area contributed by atoms with Crippen LogP contribution < -0.4 is 4.72 Å². The highest BCUT2D eigenvalue weighted by molar-refractivity contribution is 7.91. The van der Waals surface area contributed by atoms with Crippen LogP contribution in [0.15, 0.2) is 45.8 Å².